The average Bonchev–Trinajstić information content (AvgIpc) is 2.17. The Bertz CT molecular complexity index is 412. The second kappa shape index (κ2) is 4.86. The highest BCUT2D eigenvalue weighted by atomic mass is 79.9. The Morgan fingerprint density at radius 1 is 1.31 bits per heavy atom. The van der Waals surface area contributed by atoms with Gasteiger partial charge in [0.15, 0.2) is 0 Å². The van der Waals surface area contributed by atoms with Gasteiger partial charge in [0.25, 0.3) is 0 Å². The van der Waals surface area contributed by atoms with E-state index < -0.39 is 23.2 Å². The van der Waals surface area contributed by atoms with Gasteiger partial charge >= 0.3 is 6.18 Å². The molecule has 16 heavy (non-hydrogen) atoms. The molecule has 0 aromatic heterocycles. The third-order valence-corrected chi connectivity index (χ3v) is 2.23. The number of allylic oxidation sites excluding steroid dienone is 1. The second-order valence-electron chi connectivity index (χ2n) is 3.02. The normalized spacial score (nSPS) is 12.3. The first-order valence-electron chi connectivity index (χ1n) is 4.25. The minimum absolute atomic E-state index is 0.237. The Morgan fingerprint density at radius 2 is 1.94 bits per heavy atom. The molecule has 0 spiro atoms. The third-order valence-electron chi connectivity index (χ3n) is 1.86. The average molecular weight is 298 g/mol. The van der Waals surface area contributed by atoms with Crippen molar-refractivity contribution in [2.24, 2.45) is 0 Å². The molecule has 0 aliphatic rings. The lowest BCUT2D eigenvalue weighted by atomic mass is 10.1. The number of nitrogen functional groups attached to an aromatic ring is 1. The van der Waals surface area contributed by atoms with Crippen molar-refractivity contribution in [1.82, 2.24) is 0 Å². The van der Waals surface area contributed by atoms with Crippen molar-refractivity contribution in [2.75, 3.05) is 11.1 Å². The molecule has 2 N–H and O–H groups in total. The largest absolute Gasteiger partial charge is 0.417 e. The minimum Gasteiger partial charge on any atom is -0.396 e. The fraction of sp³-hybridized carbons (Fsp3) is 0.200. The number of nitrogens with two attached hydrogens (primary N) is 1. The summed E-state index contributed by atoms with van der Waals surface area (Å²) >= 11 is 3.03. The Labute approximate surface area is 98.1 Å². The van der Waals surface area contributed by atoms with Crippen LogP contribution >= 0.6 is 15.9 Å². The van der Waals surface area contributed by atoms with E-state index >= 15 is 0 Å². The summed E-state index contributed by atoms with van der Waals surface area (Å²) in [7, 11) is 0. The highest BCUT2D eigenvalue weighted by molar-refractivity contribution is 9.09. The zero-order valence-corrected chi connectivity index (χ0v) is 9.57. The lowest BCUT2D eigenvalue weighted by Gasteiger charge is -2.11. The van der Waals surface area contributed by atoms with Gasteiger partial charge in [-0.25, -0.2) is 4.39 Å². The van der Waals surface area contributed by atoms with Gasteiger partial charge in [-0.1, -0.05) is 28.1 Å². The minimum atomic E-state index is -4.55. The van der Waals surface area contributed by atoms with Gasteiger partial charge in [-0.05, 0) is 17.7 Å². The molecule has 0 unspecified atom stereocenters. The van der Waals surface area contributed by atoms with Crippen molar-refractivity contribution in [1.29, 1.82) is 0 Å². The van der Waals surface area contributed by atoms with Crippen LogP contribution in [0.2, 0.25) is 0 Å². The number of hydrogen-bond donors (Lipinski definition) is 1. The van der Waals surface area contributed by atoms with Gasteiger partial charge in [-0.2, -0.15) is 13.2 Å². The molecule has 0 radical (unpaired) electrons. The van der Waals surface area contributed by atoms with Crippen LogP contribution in [0.5, 0.6) is 0 Å². The van der Waals surface area contributed by atoms with E-state index in [1.165, 1.54) is 12.2 Å². The monoisotopic (exact) mass is 297 g/mol. The van der Waals surface area contributed by atoms with E-state index in [1.807, 2.05) is 0 Å². The van der Waals surface area contributed by atoms with Crippen LogP contribution in [0.4, 0.5) is 23.2 Å². The van der Waals surface area contributed by atoms with E-state index in [4.69, 9.17) is 5.73 Å². The predicted octanol–water partition coefficient (Wildman–Crippen LogP) is 3.83. The molecule has 6 heteroatoms. The number of halogens is 5. The van der Waals surface area contributed by atoms with Crippen molar-refractivity contribution in [3.8, 4) is 0 Å². The lowest BCUT2D eigenvalue weighted by Crippen LogP contribution is -2.09. The summed E-state index contributed by atoms with van der Waals surface area (Å²) in [6.45, 7) is 0. The predicted molar refractivity (Wildman–Crippen MR) is 58.6 cm³/mol. The lowest BCUT2D eigenvalue weighted by molar-refractivity contribution is -0.137. The van der Waals surface area contributed by atoms with E-state index in [-0.39, 0.29) is 5.56 Å². The van der Waals surface area contributed by atoms with Crippen LogP contribution in [0.25, 0.3) is 6.08 Å². The first-order valence-corrected chi connectivity index (χ1v) is 5.37. The molecule has 1 rings (SSSR count). The molecule has 0 atom stereocenters. The number of rotatable bonds is 2. The maximum Gasteiger partial charge on any atom is 0.417 e. The Kier molecular flexibility index (Phi) is 3.96. The number of alkyl halides is 4. The van der Waals surface area contributed by atoms with Gasteiger partial charge in [0.2, 0.25) is 0 Å². The molecule has 0 fully saturated rings. The zero-order chi connectivity index (χ0) is 12.3. The van der Waals surface area contributed by atoms with Gasteiger partial charge in [0.05, 0.1) is 11.3 Å². The molecule has 1 aromatic carbocycles. The fourth-order valence-electron chi connectivity index (χ4n) is 1.16. The molecule has 0 saturated heterocycles. The van der Waals surface area contributed by atoms with Gasteiger partial charge < -0.3 is 5.73 Å². The van der Waals surface area contributed by atoms with Crippen molar-refractivity contribution < 1.29 is 17.6 Å². The molecule has 1 nitrogen and oxygen atoms in total. The SMILES string of the molecule is Nc1cc(C(F)(F)F)c(C=CCBr)cc1F. The van der Waals surface area contributed by atoms with Gasteiger partial charge in [-0.3, -0.25) is 0 Å². The van der Waals surface area contributed by atoms with Crippen molar-refractivity contribution in [3.63, 3.8) is 0 Å². The maximum absolute atomic E-state index is 13.0. The zero-order valence-electron chi connectivity index (χ0n) is 7.98. The molecule has 0 heterocycles. The summed E-state index contributed by atoms with van der Waals surface area (Å²) in [5, 5.41) is 0.385. The van der Waals surface area contributed by atoms with Crippen molar-refractivity contribution in [3.05, 3.63) is 35.2 Å². The Hall–Kier alpha value is -1.04. The standard InChI is InChI=1S/C10H8BrF4N/c11-3-1-2-6-4-8(12)9(16)5-7(6)10(13,14)15/h1-2,4-5H,3,16H2. The molecule has 1 aromatic rings. The summed E-state index contributed by atoms with van der Waals surface area (Å²) in [4.78, 5) is 0. The topological polar surface area (TPSA) is 26.0 Å². The van der Waals surface area contributed by atoms with Crippen LogP contribution in [0, 0.1) is 5.82 Å². The van der Waals surface area contributed by atoms with Crippen LogP contribution in [-0.4, -0.2) is 5.33 Å². The molecule has 88 valence electrons. The van der Waals surface area contributed by atoms with Crippen molar-refractivity contribution >= 4 is 27.7 Å². The van der Waals surface area contributed by atoms with Crippen LogP contribution < -0.4 is 5.73 Å². The molecule has 0 bridgehead atoms. The highest BCUT2D eigenvalue weighted by Crippen LogP contribution is 2.34. The highest BCUT2D eigenvalue weighted by Gasteiger charge is 2.33. The smallest absolute Gasteiger partial charge is 0.396 e. The van der Waals surface area contributed by atoms with Crippen LogP contribution in [0.15, 0.2) is 18.2 Å². The molecule has 0 saturated carbocycles. The van der Waals surface area contributed by atoms with E-state index in [0.29, 0.717) is 11.4 Å². The summed E-state index contributed by atoms with van der Waals surface area (Å²) in [5.74, 6) is -0.859. The Morgan fingerprint density at radius 3 is 2.44 bits per heavy atom. The van der Waals surface area contributed by atoms with E-state index in [2.05, 4.69) is 15.9 Å². The van der Waals surface area contributed by atoms with E-state index in [9.17, 15) is 17.6 Å². The molecule has 0 aliphatic carbocycles. The molecular formula is C10H8BrF4N. The quantitative estimate of drug-likeness (QED) is 0.501. The van der Waals surface area contributed by atoms with E-state index in [1.54, 1.807) is 0 Å². The summed E-state index contributed by atoms with van der Waals surface area (Å²) in [6.07, 6.45) is -1.91. The van der Waals surface area contributed by atoms with Crippen LogP contribution in [0.3, 0.4) is 0 Å². The van der Waals surface area contributed by atoms with E-state index in [0.717, 1.165) is 6.07 Å². The van der Waals surface area contributed by atoms with Gasteiger partial charge in [-0.15, -0.1) is 0 Å². The Balaban J connectivity index is 3.33. The third kappa shape index (κ3) is 2.98. The van der Waals surface area contributed by atoms with Gasteiger partial charge in [0.1, 0.15) is 5.82 Å². The second-order valence-corrected chi connectivity index (χ2v) is 3.66. The summed E-state index contributed by atoms with van der Waals surface area (Å²) < 4.78 is 50.7. The van der Waals surface area contributed by atoms with Crippen LogP contribution in [0.1, 0.15) is 11.1 Å². The molecule has 0 aliphatic heterocycles. The molecular weight excluding hydrogens is 290 g/mol. The number of anilines is 1. The van der Waals surface area contributed by atoms with Gasteiger partial charge in [0, 0.05) is 5.33 Å². The summed E-state index contributed by atoms with van der Waals surface area (Å²) in [5.41, 5.74) is 3.42. The summed E-state index contributed by atoms with van der Waals surface area (Å²) in [6, 6.07) is 1.38. The first-order chi connectivity index (χ1) is 7.36. The maximum atomic E-state index is 13.0. The van der Waals surface area contributed by atoms with Crippen LogP contribution in [-0.2, 0) is 6.18 Å². The number of benzene rings is 1. The number of hydrogen-bond acceptors (Lipinski definition) is 1. The first kappa shape index (κ1) is 13.0. The fourth-order valence-corrected chi connectivity index (χ4v) is 1.35. The molecule has 0 amide bonds. The van der Waals surface area contributed by atoms with Crippen molar-refractivity contribution in [2.45, 2.75) is 6.18 Å².